The molecular formula is C48H67F5N6O7S2. The highest BCUT2D eigenvalue weighted by Gasteiger charge is 2.36. The minimum atomic E-state index is -4.39. The van der Waals surface area contributed by atoms with Crippen molar-refractivity contribution < 1.29 is 53.5 Å². The van der Waals surface area contributed by atoms with Crippen molar-refractivity contribution in [2.24, 2.45) is 11.8 Å². The third-order valence-electron chi connectivity index (χ3n) is 11.2. The number of hydrogen-bond donors (Lipinski definition) is 5. The molecule has 2 aliphatic carbocycles. The Labute approximate surface area is 398 Å². The molecule has 0 aliphatic heterocycles. The number of amides is 1. The first kappa shape index (κ1) is 59.1. The van der Waals surface area contributed by atoms with Crippen LogP contribution >= 0.6 is 0 Å². The van der Waals surface area contributed by atoms with Crippen molar-refractivity contribution in [3.63, 3.8) is 0 Å². The van der Waals surface area contributed by atoms with Gasteiger partial charge in [0.05, 0.1) is 56.1 Å². The molecule has 2 heterocycles. The summed E-state index contributed by atoms with van der Waals surface area (Å²) in [6.07, 6.45) is 0.781. The summed E-state index contributed by atoms with van der Waals surface area (Å²) in [5.74, 6) is -1.47. The number of nitrogens with one attached hydrogen (secondary N) is 3. The number of sulfonamides is 2. The van der Waals surface area contributed by atoms with Crippen LogP contribution in [-0.2, 0) is 35.8 Å². The summed E-state index contributed by atoms with van der Waals surface area (Å²) in [6.45, 7) is 9.89. The molecule has 2 fully saturated rings. The fraction of sp³-hybridized carbons (Fsp3) is 0.500. The average Bonchev–Trinajstić information content (AvgIpc) is 3.24. The molecule has 0 spiro atoms. The third kappa shape index (κ3) is 17.2. The van der Waals surface area contributed by atoms with Crippen molar-refractivity contribution in [1.82, 2.24) is 19.4 Å². The molecule has 1 amide bonds. The van der Waals surface area contributed by atoms with Gasteiger partial charge in [-0.05, 0) is 129 Å². The monoisotopic (exact) mass is 998 g/mol. The Bertz CT molecular complexity index is 2430. The highest BCUT2D eigenvalue weighted by molar-refractivity contribution is 7.91. The Morgan fingerprint density at radius 1 is 0.632 bits per heavy atom. The molecular weight excluding hydrogens is 932 g/mol. The second kappa shape index (κ2) is 24.5. The molecule has 6 N–H and O–H groups in total. The maximum atomic E-state index is 12.7. The van der Waals surface area contributed by atoms with Crippen LogP contribution < -0.4 is 20.5 Å². The van der Waals surface area contributed by atoms with Crippen LogP contribution in [0.3, 0.4) is 0 Å². The summed E-state index contributed by atoms with van der Waals surface area (Å²) in [6, 6.07) is 17.3. The minimum absolute atomic E-state index is 0. The van der Waals surface area contributed by atoms with Gasteiger partial charge in [-0.1, -0.05) is 51.3 Å². The van der Waals surface area contributed by atoms with E-state index in [1.54, 1.807) is 77.9 Å². The number of carboxylic acids is 1. The number of rotatable bonds is 10. The number of carbonyl (C=O) groups is 2. The molecule has 6 rings (SSSR count). The number of nitrogens with two attached hydrogens (primary N) is 1. The Morgan fingerprint density at radius 2 is 1.04 bits per heavy atom. The lowest BCUT2D eigenvalue weighted by Crippen LogP contribution is -2.46. The quantitative estimate of drug-likeness (QED) is 0.0949. The maximum Gasteiger partial charge on any atom is 0.416 e. The number of nitrogen functional groups attached to an aromatic ring is 1. The van der Waals surface area contributed by atoms with E-state index in [1.165, 1.54) is 36.7 Å². The van der Waals surface area contributed by atoms with Crippen LogP contribution in [0.5, 0.6) is 0 Å². The number of nitrogens with zero attached hydrogens (tertiary/aromatic N) is 2. The molecule has 0 unspecified atom stereocenters. The molecule has 2 aromatic carbocycles. The number of hydrogen-bond acceptors (Lipinski definition) is 9. The van der Waals surface area contributed by atoms with Crippen LogP contribution in [0.4, 0.5) is 33.3 Å². The van der Waals surface area contributed by atoms with Gasteiger partial charge in [0.2, 0.25) is 26.0 Å². The Morgan fingerprint density at radius 3 is 1.40 bits per heavy atom. The van der Waals surface area contributed by atoms with Crippen LogP contribution in [0.2, 0.25) is 0 Å². The minimum Gasteiger partial charge on any atom is -0.481 e. The number of halogens is 5. The topological polar surface area (TPSA) is 211 Å². The van der Waals surface area contributed by atoms with Crippen molar-refractivity contribution in [2.45, 2.75) is 142 Å². The van der Waals surface area contributed by atoms with Crippen molar-refractivity contribution in [3.05, 3.63) is 96.3 Å². The highest BCUT2D eigenvalue weighted by Crippen LogP contribution is 2.32. The largest absolute Gasteiger partial charge is 0.481 e. The number of benzene rings is 2. The smallest absolute Gasteiger partial charge is 0.416 e. The van der Waals surface area contributed by atoms with E-state index < -0.39 is 53.7 Å². The van der Waals surface area contributed by atoms with Gasteiger partial charge in [-0.15, -0.1) is 0 Å². The summed E-state index contributed by atoms with van der Waals surface area (Å²) in [7, 11) is -6.77. The lowest BCUT2D eigenvalue weighted by atomic mass is 9.86. The lowest BCUT2D eigenvalue weighted by molar-refractivity contribution is -0.143. The summed E-state index contributed by atoms with van der Waals surface area (Å²) in [4.78, 5) is 31.7. The predicted molar refractivity (Wildman–Crippen MR) is 259 cm³/mol. The van der Waals surface area contributed by atoms with E-state index in [0.717, 1.165) is 23.4 Å². The number of anilines is 2. The van der Waals surface area contributed by atoms with Crippen LogP contribution in [0.1, 0.15) is 125 Å². The molecule has 20 heteroatoms. The number of carbonyl (C=O) groups excluding carboxylic acids is 1. The van der Waals surface area contributed by atoms with Gasteiger partial charge in [0.1, 0.15) is 0 Å². The second-order valence-corrected chi connectivity index (χ2v) is 23.2. The zero-order valence-corrected chi connectivity index (χ0v) is 39.3. The van der Waals surface area contributed by atoms with Crippen molar-refractivity contribution >= 4 is 43.3 Å². The Hall–Kier alpha value is -5.05. The van der Waals surface area contributed by atoms with Gasteiger partial charge < -0.3 is 16.2 Å². The van der Waals surface area contributed by atoms with E-state index in [9.17, 15) is 48.4 Å². The number of alkyl halides is 5. The van der Waals surface area contributed by atoms with E-state index in [1.807, 2.05) is 0 Å². The number of carboxylic acid groups (broad SMARTS) is 1. The van der Waals surface area contributed by atoms with Gasteiger partial charge in [-0.3, -0.25) is 19.6 Å². The van der Waals surface area contributed by atoms with Gasteiger partial charge in [0.15, 0.2) is 0 Å². The fourth-order valence-electron chi connectivity index (χ4n) is 6.81. The summed E-state index contributed by atoms with van der Waals surface area (Å²) in [5.41, 5.74) is 8.41. The number of pyridine rings is 2. The predicted octanol–water partition coefficient (Wildman–Crippen LogP) is 10.9. The maximum absolute atomic E-state index is 12.7. The standard InChI is InChI=1S/C23H28F3N3O3S.C12H10F2N2.C11H21NO4S.2CH4/c1-22(2,3)33(31,32)29-18-10-6-16(7-11-18)21(30)28-19-12-13-20(27-14-19)15-4-8-17(9-5-15)23(24,25)26;13-12(14)9-3-1-8(2-4-9)11-6-5-10(15)7-16-11;1-11(2,3)17(15,16)12-9-6-4-8(5-7-9)10(13)14;;/h4-5,8-9,12-14,16,18,29H,6-7,10-11H2,1-3H3,(H,28,30);1-7,12H,15H2;8-9,12H,4-7H2,1-3H3,(H,13,14);2*1H4. The summed E-state index contributed by atoms with van der Waals surface area (Å²) in [5, 5.41) is 11.7. The molecule has 2 aromatic heterocycles. The molecule has 68 heavy (non-hydrogen) atoms. The molecule has 0 saturated heterocycles. The van der Waals surface area contributed by atoms with E-state index >= 15 is 0 Å². The van der Waals surface area contributed by atoms with Gasteiger partial charge >= 0.3 is 12.1 Å². The van der Waals surface area contributed by atoms with Gasteiger partial charge in [0, 0.05) is 34.7 Å². The van der Waals surface area contributed by atoms with E-state index in [-0.39, 0.29) is 50.2 Å². The van der Waals surface area contributed by atoms with Crippen LogP contribution in [-0.4, -0.2) is 65.4 Å². The normalized spacial score (nSPS) is 18.8. The molecule has 2 aliphatic rings. The fourth-order valence-corrected chi connectivity index (χ4v) is 8.87. The molecule has 13 nitrogen and oxygen atoms in total. The highest BCUT2D eigenvalue weighted by atomic mass is 32.2. The Kier molecular flexibility index (Phi) is 21.3. The molecule has 0 atom stereocenters. The molecule has 378 valence electrons. The average molecular weight is 999 g/mol. The zero-order valence-electron chi connectivity index (χ0n) is 37.7. The van der Waals surface area contributed by atoms with E-state index in [0.29, 0.717) is 74.0 Å². The summed E-state index contributed by atoms with van der Waals surface area (Å²) < 4.78 is 115. The number of aromatic nitrogens is 2. The van der Waals surface area contributed by atoms with E-state index in [4.69, 9.17) is 10.8 Å². The molecule has 4 aromatic rings. The second-order valence-electron chi connectivity index (χ2n) is 18.3. The zero-order chi connectivity index (χ0) is 49.3. The van der Waals surface area contributed by atoms with Gasteiger partial charge in [-0.25, -0.2) is 35.1 Å². The van der Waals surface area contributed by atoms with Gasteiger partial charge in [-0.2, -0.15) is 13.2 Å². The first-order chi connectivity index (χ1) is 30.6. The Balaban J connectivity index is 0.000000382. The molecule has 2 saturated carbocycles. The van der Waals surface area contributed by atoms with Crippen molar-refractivity contribution in [1.29, 1.82) is 0 Å². The first-order valence-corrected chi connectivity index (χ1v) is 24.3. The summed E-state index contributed by atoms with van der Waals surface area (Å²) >= 11 is 0. The van der Waals surface area contributed by atoms with Crippen LogP contribution in [0.25, 0.3) is 22.5 Å². The van der Waals surface area contributed by atoms with Crippen LogP contribution in [0, 0.1) is 11.8 Å². The van der Waals surface area contributed by atoms with Gasteiger partial charge in [0.25, 0.3) is 6.43 Å². The van der Waals surface area contributed by atoms with Crippen molar-refractivity contribution in [2.75, 3.05) is 11.1 Å². The molecule has 0 radical (unpaired) electrons. The van der Waals surface area contributed by atoms with E-state index in [2.05, 4.69) is 24.7 Å². The van der Waals surface area contributed by atoms with Crippen LogP contribution in [0.15, 0.2) is 85.2 Å². The van der Waals surface area contributed by atoms with Crippen molar-refractivity contribution in [3.8, 4) is 22.5 Å². The molecule has 0 bridgehead atoms. The third-order valence-corrected chi connectivity index (χ3v) is 15.7. The first-order valence-electron chi connectivity index (χ1n) is 21.4. The number of aliphatic carboxylic acids is 1. The lowest BCUT2D eigenvalue weighted by Gasteiger charge is -2.30. The SMILES string of the molecule is C.C.CC(C)(C)S(=O)(=O)NC1CCC(C(=O)Nc2ccc(-c3ccc(C(F)(F)F)cc3)nc2)CC1.CC(C)(C)S(=O)(=O)NC1CCC(C(=O)O)CC1.Nc1ccc(-c2ccc(C(F)F)cc2)nc1.